The molecule has 1 aromatic rings. The van der Waals surface area contributed by atoms with Crippen molar-refractivity contribution in [3.63, 3.8) is 0 Å². The van der Waals surface area contributed by atoms with Crippen LogP contribution in [0.3, 0.4) is 0 Å². The Kier molecular flexibility index (Phi) is 5.38. The van der Waals surface area contributed by atoms with Crippen LogP contribution in [-0.2, 0) is 10.8 Å². The van der Waals surface area contributed by atoms with E-state index in [2.05, 4.69) is 27.9 Å². The third kappa shape index (κ3) is 4.27. The molecular weight excluding hydrogens is 353 g/mol. The first-order valence-electron chi connectivity index (χ1n) is 5.00. The fourth-order valence-corrected chi connectivity index (χ4v) is 1.95. The second-order valence-electron chi connectivity index (χ2n) is 3.68. The maximum Gasteiger partial charge on any atom is 0.255 e. The lowest BCUT2D eigenvalue weighted by atomic mass is 10.2. The topological polar surface area (TPSA) is 66.4 Å². The van der Waals surface area contributed by atoms with Crippen molar-refractivity contribution in [3.8, 4) is 5.75 Å². The van der Waals surface area contributed by atoms with E-state index in [9.17, 15) is 14.1 Å². The van der Waals surface area contributed by atoms with Gasteiger partial charge in [-0.25, -0.2) is 0 Å². The van der Waals surface area contributed by atoms with Gasteiger partial charge in [-0.3, -0.25) is 9.00 Å². The largest absolute Gasteiger partial charge is 0.507 e. The molecule has 0 aromatic heterocycles. The van der Waals surface area contributed by atoms with Gasteiger partial charge in [0.05, 0.1) is 5.56 Å². The molecule has 17 heavy (non-hydrogen) atoms. The Morgan fingerprint density at radius 2 is 2.24 bits per heavy atom. The molecule has 0 aliphatic heterocycles. The first kappa shape index (κ1) is 14.4. The van der Waals surface area contributed by atoms with Gasteiger partial charge in [0.25, 0.3) is 5.91 Å². The number of benzene rings is 1. The third-order valence-electron chi connectivity index (χ3n) is 2.32. The lowest BCUT2D eigenvalue weighted by molar-refractivity contribution is 0.0951. The Hall–Kier alpha value is -0.630. The number of carbonyl (C=O) groups excluding carboxylic acids is 1. The number of amides is 1. The minimum absolute atomic E-state index is 0.0480. The number of phenols is 1. The van der Waals surface area contributed by atoms with Crippen molar-refractivity contribution in [2.24, 2.45) is 0 Å². The molecule has 0 spiro atoms. The molecule has 1 rings (SSSR count). The molecule has 0 saturated carbocycles. The molecule has 2 N–H and O–H groups in total. The number of halogens is 1. The molecule has 2 atom stereocenters. The van der Waals surface area contributed by atoms with Crippen LogP contribution >= 0.6 is 22.6 Å². The maximum atomic E-state index is 11.8. The fourth-order valence-electron chi connectivity index (χ4n) is 1.14. The van der Waals surface area contributed by atoms with Crippen LogP contribution in [0.1, 0.15) is 17.3 Å². The molecule has 4 nitrogen and oxygen atoms in total. The third-order valence-corrected chi connectivity index (χ3v) is 4.29. The second-order valence-corrected chi connectivity index (χ2v) is 6.73. The van der Waals surface area contributed by atoms with E-state index in [0.717, 1.165) is 3.57 Å². The Morgan fingerprint density at radius 1 is 1.59 bits per heavy atom. The number of aromatic hydroxyl groups is 1. The second kappa shape index (κ2) is 6.34. The van der Waals surface area contributed by atoms with Gasteiger partial charge in [-0.2, -0.15) is 0 Å². The highest BCUT2D eigenvalue weighted by molar-refractivity contribution is 14.1. The van der Waals surface area contributed by atoms with Crippen LogP contribution in [0.15, 0.2) is 18.2 Å². The Balaban J connectivity index is 2.70. The zero-order valence-electron chi connectivity index (χ0n) is 9.57. The van der Waals surface area contributed by atoms with E-state index in [1.165, 1.54) is 6.07 Å². The van der Waals surface area contributed by atoms with Gasteiger partial charge in [-0.05, 0) is 47.7 Å². The summed E-state index contributed by atoms with van der Waals surface area (Å²) in [5.41, 5.74) is 0.242. The SMILES string of the molecule is CC(CNC(=O)c1cc(I)ccc1O)S(C)=O. The number of hydrogen-bond acceptors (Lipinski definition) is 3. The lowest BCUT2D eigenvalue weighted by Crippen LogP contribution is -2.32. The Bertz CT molecular complexity index is 450. The van der Waals surface area contributed by atoms with Gasteiger partial charge in [-0.15, -0.1) is 0 Å². The summed E-state index contributed by atoms with van der Waals surface area (Å²) in [5, 5.41) is 12.1. The van der Waals surface area contributed by atoms with Crippen molar-refractivity contribution >= 4 is 39.3 Å². The fraction of sp³-hybridized carbons (Fsp3) is 0.364. The van der Waals surface area contributed by atoms with Crippen molar-refractivity contribution in [3.05, 3.63) is 27.3 Å². The minimum atomic E-state index is -0.972. The van der Waals surface area contributed by atoms with Crippen molar-refractivity contribution in [2.75, 3.05) is 12.8 Å². The van der Waals surface area contributed by atoms with E-state index in [4.69, 9.17) is 0 Å². The summed E-state index contributed by atoms with van der Waals surface area (Å²) in [6.07, 6.45) is 1.60. The quantitative estimate of drug-likeness (QED) is 0.793. The molecule has 0 heterocycles. The van der Waals surface area contributed by atoms with Gasteiger partial charge in [0, 0.05) is 32.4 Å². The number of carbonyl (C=O) groups is 1. The molecule has 0 fully saturated rings. The minimum Gasteiger partial charge on any atom is -0.507 e. The van der Waals surface area contributed by atoms with Gasteiger partial charge in [-0.1, -0.05) is 0 Å². The van der Waals surface area contributed by atoms with Crippen molar-refractivity contribution in [1.82, 2.24) is 5.32 Å². The lowest BCUT2D eigenvalue weighted by Gasteiger charge is -2.10. The molecule has 0 aliphatic rings. The molecule has 1 aromatic carbocycles. The van der Waals surface area contributed by atoms with Gasteiger partial charge in [0.1, 0.15) is 5.75 Å². The number of phenolic OH excluding ortho intramolecular Hbond substituents is 1. The van der Waals surface area contributed by atoms with E-state index < -0.39 is 10.8 Å². The summed E-state index contributed by atoms with van der Waals surface area (Å²) >= 11 is 2.07. The summed E-state index contributed by atoms with van der Waals surface area (Å²) in [4.78, 5) is 11.8. The summed E-state index contributed by atoms with van der Waals surface area (Å²) in [6.45, 7) is 2.12. The highest BCUT2D eigenvalue weighted by Gasteiger charge is 2.13. The number of nitrogens with one attached hydrogen (secondary N) is 1. The normalized spacial score (nSPS) is 14.1. The molecule has 2 unspecified atom stereocenters. The van der Waals surface area contributed by atoms with Crippen LogP contribution < -0.4 is 5.32 Å². The standard InChI is InChI=1S/C11H14INO3S/c1-7(17(2)16)6-13-11(15)9-5-8(12)3-4-10(9)14/h3-5,7,14H,6H2,1-2H3,(H,13,15). The van der Waals surface area contributed by atoms with E-state index in [-0.39, 0.29) is 22.5 Å². The van der Waals surface area contributed by atoms with Crippen LogP contribution in [0.2, 0.25) is 0 Å². The highest BCUT2D eigenvalue weighted by Crippen LogP contribution is 2.19. The zero-order valence-corrected chi connectivity index (χ0v) is 12.5. The zero-order chi connectivity index (χ0) is 13.0. The average molecular weight is 367 g/mol. The van der Waals surface area contributed by atoms with Gasteiger partial charge < -0.3 is 10.4 Å². The molecule has 0 saturated heterocycles. The first-order valence-corrected chi connectivity index (χ1v) is 7.70. The van der Waals surface area contributed by atoms with Crippen LogP contribution in [0.5, 0.6) is 5.75 Å². The Morgan fingerprint density at radius 3 is 2.82 bits per heavy atom. The molecular formula is C11H14INO3S. The molecule has 1 amide bonds. The van der Waals surface area contributed by atoms with Gasteiger partial charge >= 0.3 is 0 Å². The predicted octanol–water partition coefficient (Wildman–Crippen LogP) is 1.49. The van der Waals surface area contributed by atoms with Crippen molar-refractivity contribution in [1.29, 1.82) is 0 Å². The smallest absolute Gasteiger partial charge is 0.255 e. The van der Waals surface area contributed by atoms with E-state index in [1.807, 2.05) is 0 Å². The van der Waals surface area contributed by atoms with Crippen molar-refractivity contribution < 1.29 is 14.1 Å². The molecule has 0 radical (unpaired) electrons. The summed E-state index contributed by atoms with van der Waals surface area (Å²) in [6, 6.07) is 4.81. The summed E-state index contributed by atoms with van der Waals surface area (Å²) < 4.78 is 12.0. The monoisotopic (exact) mass is 367 g/mol. The molecule has 0 aliphatic carbocycles. The van der Waals surface area contributed by atoms with Gasteiger partial charge in [0.2, 0.25) is 0 Å². The van der Waals surface area contributed by atoms with Crippen LogP contribution in [-0.4, -0.2) is 33.3 Å². The molecule has 6 heteroatoms. The van der Waals surface area contributed by atoms with Crippen LogP contribution in [0.25, 0.3) is 0 Å². The predicted molar refractivity (Wildman–Crippen MR) is 76.7 cm³/mol. The van der Waals surface area contributed by atoms with Crippen LogP contribution in [0, 0.1) is 3.57 Å². The highest BCUT2D eigenvalue weighted by atomic mass is 127. The number of rotatable bonds is 4. The maximum absolute atomic E-state index is 11.8. The molecule has 94 valence electrons. The van der Waals surface area contributed by atoms with Crippen LogP contribution in [0.4, 0.5) is 0 Å². The first-order chi connectivity index (χ1) is 7.91. The summed E-state index contributed by atoms with van der Waals surface area (Å²) in [7, 11) is -0.972. The average Bonchev–Trinajstić information content (AvgIpc) is 2.28. The van der Waals surface area contributed by atoms with E-state index in [0.29, 0.717) is 6.54 Å². The van der Waals surface area contributed by atoms with E-state index in [1.54, 1.807) is 25.3 Å². The van der Waals surface area contributed by atoms with Crippen molar-refractivity contribution in [2.45, 2.75) is 12.2 Å². The molecule has 0 bridgehead atoms. The summed E-state index contributed by atoms with van der Waals surface area (Å²) in [5.74, 6) is -0.397. The number of hydrogen-bond donors (Lipinski definition) is 2. The Labute approximate surface area is 116 Å². The van der Waals surface area contributed by atoms with E-state index >= 15 is 0 Å². The van der Waals surface area contributed by atoms with Gasteiger partial charge in [0.15, 0.2) is 0 Å².